The smallest absolute Gasteiger partial charge is 0.330 e. The Balaban J connectivity index is 1.52. The second kappa shape index (κ2) is 9.28. The monoisotopic (exact) mass is 529 g/mol. The molecule has 0 aliphatic carbocycles. The van der Waals surface area contributed by atoms with Crippen LogP contribution in [-0.4, -0.2) is 56.8 Å². The molecule has 0 fully saturated rings. The molecule has 1 aliphatic rings. The van der Waals surface area contributed by atoms with Gasteiger partial charge < -0.3 is 4.90 Å². The van der Waals surface area contributed by atoms with E-state index in [1.54, 1.807) is 36.4 Å². The first-order chi connectivity index (χ1) is 17.6. The predicted molar refractivity (Wildman–Crippen MR) is 125 cm³/mol. The summed E-state index contributed by atoms with van der Waals surface area (Å²) < 4.78 is 66.8. The van der Waals surface area contributed by atoms with Gasteiger partial charge in [0.2, 0.25) is 11.6 Å². The highest BCUT2D eigenvalue weighted by molar-refractivity contribution is 7.92. The van der Waals surface area contributed by atoms with Crippen LogP contribution < -0.4 is 4.83 Å². The van der Waals surface area contributed by atoms with Crippen molar-refractivity contribution in [3.05, 3.63) is 78.1 Å². The van der Waals surface area contributed by atoms with Crippen molar-refractivity contribution in [1.82, 2.24) is 29.7 Å². The van der Waals surface area contributed by atoms with Gasteiger partial charge in [0.25, 0.3) is 10.0 Å². The maximum Gasteiger partial charge on any atom is 0.471 e. The quantitative estimate of drug-likeness (QED) is 0.422. The van der Waals surface area contributed by atoms with Crippen molar-refractivity contribution in [2.24, 2.45) is 0 Å². The molecule has 37 heavy (non-hydrogen) atoms. The van der Waals surface area contributed by atoms with Gasteiger partial charge in [0.05, 0.1) is 4.90 Å². The van der Waals surface area contributed by atoms with Crippen LogP contribution in [0, 0.1) is 0 Å². The molecule has 1 aliphatic heterocycles. The third kappa shape index (κ3) is 4.87. The highest BCUT2D eigenvalue weighted by Gasteiger charge is 2.43. The lowest BCUT2D eigenvalue weighted by Gasteiger charge is -2.29. The van der Waals surface area contributed by atoms with Crippen molar-refractivity contribution >= 4 is 15.9 Å². The number of benzene rings is 1. The van der Waals surface area contributed by atoms with Gasteiger partial charge in [-0.1, -0.05) is 18.2 Å². The number of sulfonamides is 1. The van der Waals surface area contributed by atoms with E-state index in [1.165, 1.54) is 30.6 Å². The number of carbonyl (C=O) groups excluding carboxylic acids is 1. The summed E-state index contributed by atoms with van der Waals surface area (Å²) in [6.07, 6.45) is -1.81. The van der Waals surface area contributed by atoms with Gasteiger partial charge in [-0.3, -0.25) is 14.8 Å². The van der Waals surface area contributed by atoms with Crippen LogP contribution in [0.5, 0.6) is 0 Å². The summed E-state index contributed by atoms with van der Waals surface area (Å²) in [5, 5.41) is 8.19. The Labute approximate surface area is 208 Å². The molecular weight excluding hydrogens is 511 g/mol. The molecule has 10 nitrogen and oxygen atoms in total. The van der Waals surface area contributed by atoms with E-state index in [-0.39, 0.29) is 36.1 Å². The Morgan fingerprint density at radius 3 is 2.05 bits per heavy atom. The van der Waals surface area contributed by atoms with Gasteiger partial charge in [-0.25, -0.2) is 9.51 Å². The molecule has 0 bridgehead atoms. The zero-order valence-corrected chi connectivity index (χ0v) is 19.7. The van der Waals surface area contributed by atoms with Gasteiger partial charge in [0.1, 0.15) is 11.4 Å². The van der Waals surface area contributed by atoms with E-state index in [0.717, 1.165) is 4.68 Å². The molecule has 5 rings (SSSR count). The molecule has 190 valence electrons. The lowest BCUT2D eigenvalue weighted by Crippen LogP contribution is -2.43. The highest BCUT2D eigenvalue weighted by atomic mass is 32.2. The van der Waals surface area contributed by atoms with Gasteiger partial charge in [-0.2, -0.15) is 21.6 Å². The molecule has 0 saturated carbocycles. The van der Waals surface area contributed by atoms with E-state index in [2.05, 4.69) is 25.0 Å². The number of aromatic nitrogens is 5. The van der Waals surface area contributed by atoms with Crippen LogP contribution >= 0.6 is 0 Å². The molecule has 0 radical (unpaired) electrons. The maximum absolute atomic E-state index is 13.4. The Morgan fingerprint density at radius 2 is 1.51 bits per heavy atom. The molecule has 1 aromatic carbocycles. The fraction of sp³-hybridized carbons (Fsp3) is 0.174. The molecular formula is C23H18F3N7O3S. The van der Waals surface area contributed by atoms with E-state index in [9.17, 15) is 26.4 Å². The first-order valence-electron chi connectivity index (χ1n) is 10.9. The average molecular weight is 530 g/mol. The number of hydrogen-bond donors (Lipinski definition) is 1. The maximum atomic E-state index is 13.4. The minimum absolute atomic E-state index is 0.102. The number of carbonyl (C=O) groups is 1. The van der Waals surface area contributed by atoms with Crippen molar-refractivity contribution in [3.63, 3.8) is 0 Å². The Kier molecular flexibility index (Phi) is 6.11. The van der Waals surface area contributed by atoms with Gasteiger partial charge >= 0.3 is 12.1 Å². The zero-order chi connectivity index (χ0) is 26.2. The summed E-state index contributed by atoms with van der Waals surface area (Å²) >= 11 is 0. The number of fused-ring (bicyclic) bond motifs is 1. The number of halogens is 3. The fourth-order valence-corrected chi connectivity index (χ4v) is 4.98. The molecule has 0 unspecified atom stereocenters. The normalized spacial score (nSPS) is 13.8. The minimum Gasteiger partial charge on any atom is -0.330 e. The number of hydrogen-bond acceptors (Lipinski definition) is 7. The lowest BCUT2D eigenvalue weighted by atomic mass is 10.00. The third-order valence-electron chi connectivity index (χ3n) is 5.69. The minimum atomic E-state index is -5.01. The molecule has 1 amide bonds. The molecule has 4 aromatic rings. The van der Waals surface area contributed by atoms with Gasteiger partial charge in [-0.15, -0.1) is 10.2 Å². The Bertz CT molecular complexity index is 1500. The fourth-order valence-electron chi connectivity index (χ4n) is 3.92. The summed E-state index contributed by atoms with van der Waals surface area (Å²) in [5.74, 6) is -1.76. The predicted octanol–water partition coefficient (Wildman–Crippen LogP) is 2.78. The van der Waals surface area contributed by atoms with Crippen molar-refractivity contribution in [3.8, 4) is 23.0 Å². The molecule has 1 N–H and O–H groups in total. The molecule has 14 heteroatoms. The summed E-state index contributed by atoms with van der Waals surface area (Å²) in [6.45, 7) is -0.473. The first-order valence-corrected chi connectivity index (χ1v) is 12.4. The lowest BCUT2D eigenvalue weighted by molar-refractivity contribution is -0.186. The number of rotatable bonds is 5. The number of nitrogens with one attached hydrogen (secondary N) is 1. The molecule has 0 atom stereocenters. The Morgan fingerprint density at radius 1 is 0.892 bits per heavy atom. The van der Waals surface area contributed by atoms with Crippen LogP contribution in [-0.2, 0) is 27.8 Å². The largest absolute Gasteiger partial charge is 0.471 e. The van der Waals surface area contributed by atoms with E-state index in [0.29, 0.717) is 27.4 Å². The standard InChI is InChI=1S/C23H18F3N7O3S/c24-23(25,26)22(34)32-12-9-15-7-8-17(13-16(15)14-32)37(35,36)31-33-20(18-5-1-3-10-27-18)29-30-21(33)19-6-2-4-11-28-19/h1-8,10-11,13,31H,9,12,14H2. The van der Waals surface area contributed by atoms with Crippen LogP contribution in [0.15, 0.2) is 71.9 Å². The van der Waals surface area contributed by atoms with E-state index < -0.39 is 22.1 Å². The molecule has 3 aromatic heterocycles. The van der Waals surface area contributed by atoms with E-state index >= 15 is 0 Å². The van der Waals surface area contributed by atoms with Crippen LogP contribution in [0.2, 0.25) is 0 Å². The van der Waals surface area contributed by atoms with Crippen LogP contribution in [0.3, 0.4) is 0 Å². The van der Waals surface area contributed by atoms with Gasteiger partial charge in [0.15, 0.2) is 0 Å². The molecule has 0 spiro atoms. The molecule has 4 heterocycles. The second-order valence-corrected chi connectivity index (χ2v) is 9.77. The average Bonchev–Trinajstić information content (AvgIpc) is 3.30. The number of pyridine rings is 2. The number of alkyl halides is 3. The summed E-state index contributed by atoms with van der Waals surface area (Å²) in [5.41, 5.74) is 1.65. The van der Waals surface area contributed by atoms with E-state index in [4.69, 9.17) is 0 Å². The van der Waals surface area contributed by atoms with Crippen LogP contribution in [0.1, 0.15) is 11.1 Å². The van der Waals surface area contributed by atoms with Crippen molar-refractivity contribution in [2.45, 2.75) is 24.0 Å². The third-order valence-corrected chi connectivity index (χ3v) is 6.99. The van der Waals surface area contributed by atoms with Gasteiger partial charge in [0, 0.05) is 25.5 Å². The van der Waals surface area contributed by atoms with Crippen LogP contribution in [0.25, 0.3) is 23.0 Å². The molecule has 0 saturated heterocycles. The SMILES string of the molecule is O=C(N1CCc2ccc(S(=O)(=O)Nn3c(-c4ccccn4)nnc3-c3ccccn3)cc2C1)C(F)(F)F. The second-order valence-electron chi connectivity index (χ2n) is 8.11. The van der Waals surface area contributed by atoms with Crippen molar-refractivity contribution in [2.75, 3.05) is 11.4 Å². The van der Waals surface area contributed by atoms with Crippen molar-refractivity contribution < 1.29 is 26.4 Å². The van der Waals surface area contributed by atoms with Crippen LogP contribution in [0.4, 0.5) is 13.2 Å². The highest BCUT2D eigenvalue weighted by Crippen LogP contribution is 2.28. The summed E-state index contributed by atoms with van der Waals surface area (Å²) in [6, 6.07) is 14.2. The van der Waals surface area contributed by atoms with E-state index in [1.807, 2.05) is 0 Å². The van der Waals surface area contributed by atoms with Crippen molar-refractivity contribution in [1.29, 1.82) is 0 Å². The topological polar surface area (TPSA) is 123 Å². The summed E-state index contributed by atoms with van der Waals surface area (Å²) in [7, 11) is -4.29. The number of nitrogens with zero attached hydrogens (tertiary/aromatic N) is 6. The first kappa shape index (κ1) is 24.4. The van der Waals surface area contributed by atoms with Gasteiger partial charge in [-0.05, 0) is 53.9 Å². The summed E-state index contributed by atoms with van der Waals surface area (Å²) in [4.78, 5) is 23.0. The number of amides is 1. The Hall–Kier alpha value is -4.33. The zero-order valence-electron chi connectivity index (χ0n) is 18.9.